The van der Waals surface area contributed by atoms with Crippen molar-refractivity contribution in [1.82, 2.24) is 25.1 Å². The summed E-state index contributed by atoms with van der Waals surface area (Å²) < 4.78 is 1.58. The predicted molar refractivity (Wildman–Crippen MR) is 67.0 cm³/mol. The molecule has 6 heteroatoms. The first-order chi connectivity index (χ1) is 8.61. The van der Waals surface area contributed by atoms with Gasteiger partial charge in [0.2, 0.25) is 0 Å². The smallest absolute Gasteiger partial charge is 0.270 e. The van der Waals surface area contributed by atoms with Crippen molar-refractivity contribution in [2.45, 2.75) is 26.3 Å². The van der Waals surface area contributed by atoms with Crippen molar-refractivity contribution in [1.29, 1.82) is 0 Å². The van der Waals surface area contributed by atoms with Gasteiger partial charge in [0.15, 0.2) is 0 Å². The Bertz CT molecular complexity index is 529. The Labute approximate surface area is 105 Å². The van der Waals surface area contributed by atoms with Gasteiger partial charge in [0.05, 0.1) is 11.7 Å². The number of aromatic amines is 1. The third-order valence-electron chi connectivity index (χ3n) is 2.80. The molecule has 2 rings (SSSR count). The highest BCUT2D eigenvalue weighted by atomic mass is 16.2. The van der Waals surface area contributed by atoms with Crippen LogP contribution in [-0.2, 0) is 7.05 Å². The molecule has 0 aliphatic carbocycles. The van der Waals surface area contributed by atoms with E-state index in [1.165, 1.54) is 0 Å². The summed E-state index contributed by atoms with van der Waals surface area (Å²) in [6.45, 7) is 3.86. The number of aryl methyl sites for hydroxylation is 2. The Morgan fingerprint density at radius 3 is 2.89 bits per heavy atom. The number of carbonyl (C=O) groups excluding carboxylic acids is 1. The fraction of sp³-hybridized carbons (Fsp3) is 0.417. The van der Waals surface area contributed by atoms with Gasteiger partial charge in [-0.3, -0.25) is 9.48 Å². The number of nitrogens with zero attached hydrogens (tertiary/aromatic N) is 3. The highest BCUT2D eigenvalue weighted by Crippen LogP contribution is 2.12. The molecule has 1 atom stereocenters. The molecule has 18 heavy (non-hydrogen) atoms. The van der Waals surface area contributed by atoms with Gasteiger partial charge in [-0.2, -0.15) is 5.10 Å². The first kappa shape index (κ1) is 12.3. The van der Waals surface area contributed by atoms with Gasteiger partial charge in [-0.1, -0.05) is 6.92 Å². The molecule has 0 saturated carbocycles. The SMILES string of the molecule is CCC(NC(=O)c1cc(C)nn1C)c1ncc[nH]1. The zero-order chi connectivity index (χ0) is 13.1. The lowest BCUT2D eigenvalue weighted by Gasteiger charge is -2.14. The molecule has 2 aromatic rings. The van der Waals surface area contributed by atoms with E-state index in [2.05, 4.69) is 20.4 Å². The van der Waals surface area contributed by atoms with E-state index in [0.717, 1.165) is 17.9 Å². The van der Waals surface area contributed by atoms with E-state index in [-0.39, 0.29) is 11.9 Å². The minimum Gasteiger partial charge on any atom is -0.347 e. The Kier molecular flexibility index (Phi) is 3.45. The van der Waals surface area contributed by atoms with Crippen molar-refractivity contribution in [3.8, 4) is 0 Å². The predicted octanol–water partition coefficient (Wildman–Crippen LogP) is 1.33. The Morgan fingerprint density at radius 1 is 1.61 bits per heavy atom. The van der Waals surface area contributed by atoms with Crippen molar-refractivity contribution >= 4 is 5.91 Å². The number of carbonyl (C=O) groups is 1. The average Bonchev–Trinajstić information content (AvgIpc) is 2.95. The molecule has 0 aromatic carbocycles. The summed E-state index contributed by atoms with van der Waals surface area (Å²) in [7, 11) is 1.76. The second-order valence-electron chi connectivity index (χ2n) is 4.20. The number of aromatic nitrogens is 4. The number of hydrogen-bond acceptors (Lipinski definition) is 3. The second-order valence-corrected chi connectivity index (χ2v) is 4.20. The lowest BCUT2D eigenvalue weighted by atomic mass is 10.2. The molecular formula is C12H17N5O. The van der Waals surface area contributed by atoms with E-state index < -0.39 is 0 Å². The molecule has 0 bridgehead atoms. The fourth-order valence-corrected chi connectivity index (χ4v) is 1.89. The van der Waals surface area contributed by atoms with Crippen LogP contribution >= 0.6 is 0 Å². The monoisotopic (exact) mass is 247 g/mol. The van der Waals surface area contributed by atoms with Crippen LogP contribution in [0, 0.1) is 6.92 Å². The van der Waals surface area contributed by atoms with E-state index in [4.69, 9.17) is 0 Å². The van der Waals surface area contributed by atoms with Crippen LogP contribution in [0.5, 0.6) is 0 Å². The third kappa shape index (κ3) is 2.42. The zero-order valence-corrected chi connectivity index (χ0v) is 10.8. The van der Waals surface area contributed by atoms with Crippen LogP contribution in [0.15, 0.2) is 18.5 Å². The van der Waals surface area contributed by atoms with Gasteiger partial charge >= 0.3 is 0 Å². The Morgan fingerprint density at radius 2 is 2.39 bits per heavy atom. The molecule has 6 nitrogen and oxygen atoms in total. The summed E-state index contributed by atoms with van der Waals surface area (Å²) in [5.74, 6) is 0.631. The van der Waals surface area contributed by atoms with Crippen molar-refractivity contribution in [3.63, 3.8) is 0 Å². The normalized spacial score (nSPS) is 12.4. The average molecular weight is 247 g/mol. The molecule has 0 aliphatic heterocycles. The molecule has 1 amide bonds. The van der Waals surface area contributed by atoms with E-state index in [0.29, 0.717) is 5.69 Å². The van der Waals surface area contributed by atoms with Crippen LogP contribution in [0.1, 0.15) is 41.4 Å². The number of rotatable bonds is 4. The minimum absolute atomic E-state index is 0.109. The molecule has 0 spiro atoms. The van der Waals surface area contributed by atoms with Crippen LogP contribution in [0.4, 0.5) is 0 Å². The van der Waals surface area contributed by atoms with E-state index in [9.17, 15) is 4.79 Å². The molecule has 0 saturated heterocycles. The maximum atomic E-state index is 12.1. The minimum atomic E-state index is -0.138. The molecule has 0 radical (unpaired) electrons. The van der Waals surface area contributed by atoms with Crippen molar-refractivity contribution < 1.29 is 4.79 Å². The van der Waals surface area contributed by atoms with E-state index >= 15 is 0 Å². The summed E-state index contributed by atoms with van der Waals surface area (Å²) in [5.41, 5.74) is 1.38. The first-order valence-corrected chi connectivity index (χ1v) is 5.92. The highest BCUT2D eigenvalue weighted by molar-refractivity contribution is 5.92. The van der Waals surface area contributed by atoms with Crippen molar-refractivity contribution in [2.24, 2.45) is 7.05 Å². The number of imidazole rings is 1. The van der Waals surface area contributed by atoms with Gasteiger partial charge in [-0.25, -0.2) is 4.98 Å². The van der Waals surface area contributed by atoms with Crippen molar-refractivity contribution in [3.05, 3.63) is 35.7 Å². The number of H-pyrrole nitrogens is 1. The Hall–Kier alpha value is -2.11. The quantitative estimate of drug-likeness (QED) is 0.855. The number of amides is 1. The molecule has 0 fully saturated rings. The maximum Gasteiger partial charge on any atom is 0.270 e. The van der Waals surface area contributed by atoms with Gasteiger partial charge in [0, 0.05) is 19.4 Å². The molecule has 2 N–H and O–H groups in total. The lowest BCUT2D eigenvalue weighted by Crippen LogP contribution is -2.30. The first-order valence-electron chi connectivity index (χ1n) is 5.92. The van der Waals surface area contributed by atoms with Crippen LogP contribution in [-0.4, -0.2) is 25.7 Å². The summed E-state index contributed by atoms with van der Waals surface area (Å²) in [6.07, 6.45) is 4.20. The van der Waals surface area contributed by atoms with Gasteiger partial charge in [0.25, 0.3) is 5.91 Å². The zero-order valence-electron chi connectivity index (χ0n) is 10.8. The second kappa shape index (κ2) is 5.03. The van der Waals surface area contributed by atoms with Gasteiger partial charge < -0.3 is 10.3 Å². The number of hydrogen-bond donors (Lipinski definition) is 2. The maximum absolute atomic E-state index is 12.1. The van der Waals surface area contributed by atoms with Crippen LogP contribution in [0.25, 0.3) is 0 Å². The van der Waals surface area contributed by atoms with Crippen LogP contribution in [0.3, 0.4) is 0 Å². The largest absolute Gasteiger partial charge is 0.347 e. The van der Waals surface area contributed by atoms with Crippen LogP contribution in [0.2, 0.25) is 0 Å². The summed E-state index contributed by atoms with van der Waals surface area (Å²) in [5, 5.41) is 7.11. The topological polar surface area (TPSA) is 75.6 Å². The molecule has 2 aromatic heterocycles. The molecule has 1 unspecified atom stereocenters. The Balaban J connectivity index is 2.13. The molecule has 96 valence electrons. The fourth-order valence-electron chi connectivity index (χ4n) is 1.89. The van der Waals surface area contributed by atoms with Crippen LogP contribution < -0.4 is 5.32 Å². The van der Waals surface area contributed by atoms with Gasteiger partial charge in [-0.05, 0) is 19.4 Å². The third-order valence-corrected chi connectivity index (χ3v) is 2.80. The summed E-state index contributed by atoms with van der Waals surface area (Å²) in [4.78, 5) is 19.3. The van der Waals surface area contributed by atoms with E-state index in [1.54, 1.807) is 30.2 Å². The lowest BCUT2D eigenvalue weighted by molar-refractivity contribution is 0.0924. The summed E-state index contributed by atoms with van der Waals surface area (Å²) >= 11 is 0. The summed E-state index contributed by atoms with van der Waals surface area (Å²) in [6, 6.07) is 1.66. The number of nitrogens with one attached hydrogen (secondary N) is 2. The van der Waals surface area contributed by atoms with Gasteiger partial charge in [-0.15, -0.1) is 0 Å². The van der Waals surface area contributed by atoms with E-state index in [1.807, 2.05) is 13.8 Å². The molecular weight excluding hydrogens is 230 g/mol. The molecule has 2 heterocycles. The van der Waals surface area contributed by atoms with Crippen molar-refractivity contribution in [2.75, 3.05) is 0 Å². The van der Waals surface area contributed by atoms with Gasteiger partial charge in [0.1, 0.15) is 11.5 Å². The standard InChI is InChI=1S/C12H17N5O/c1-4-9(11-13-5-6-14-11)15-12(18)10-7-8(2)16-17(10)3/h5-7,9H,4H2,1-3H3,(H,13,14)(H,15,18). The highest BCUT2D eigenvalue weighted by Gasteiger charge is 2.18. The molecule has 0 aliphatic rings.